The number of rotatable bonds is 6. The zero-order valence-corrected chi connectivity index (χ0v) is 17.5. The maximum atomic E-state index is 12.1. The molecular weight excluding hydrogens is 384 g/mol. The molecule has 0 fully saturated rings. The molecule has 0 saturated carbocycles. The number of benzene rings is 3. The predicted molar refractivity (Wildman–Crippen MR) is 120 cm³/mol. The van der Waals surface area contributed by atoms with E-state index in [0.29, 0.717) is 10.8 Å². The van der Waals surface area contributed by atoms with Gasteiger partial charge in [0, 0.05) is 11.9 Å². The lowest BCUT2D eigenvalue weighted by Gasteiger charge is -2.09. The highest BCUT2D eigenvalue weighted by Gasteiger charge is 2.07. The molecule has 0 bridgehead atoms. The van der Waals surface area contributed by atoms with Crippen LogP contribution in [0.3, 0.4) is 0 Å². The fraction of sp³-hybridized carbons (Fsp3) is 0.167. The number of nitrogens with one attached hydrogen (secondary N) is 1. The summed E-state index contributed by atoms with van der Waals surface area (Å²) in [5.74, 6) is 0.210. The van der Waals surface area contributed by atoms with Crippen LogP contribution in [0, 0.1) is 20.8 Å². The van der Waals surface area contributed by atoms with Crippen LogP contribution in [0.15, 0.2) is 65.7 Å². The second-order valence-electron chi connectivity index (χ2n) is 6.94. The van der Waals surface area contributed by atoms with Gasteiger partial charge in [0.2, 0.25) is 0 Å². The molecular formula is C24H23ClN2O2. The Bertz CT molecular complexity index is 1060. The van der Waals surface area contributed by atoms with Gasteiger partial charge in [-0.3, -0.25) is 9.79 Å². The van der Waals surface area contributed by atoms with Gasteiger partial charge in [-0.05, 0) is 73.9 Å². The van der Waals surface area contributed by atoms with Gasteiger partial charge in [-0.2, -0.15) is 0 Å². The summed E-state index contributed by atoms with van der Waals surface area (Å²) in [6.45, 7) is 5.94. The average molecular weight is 407 g/mol. The number of hydrogen-bond donors (Lipinski definition) is 1. The number of carbonyl (C=O) groups excluding carboxylic acids is 1. The second-order valence-corrected chi connectivity index (χ2v) is 7.35. The molecule has 3 aromatic carbocycles. The van der Waals surface area contributed by atoms with Crippen LogP contribution in [-0.2, 0) is 4.79 Å². The van der Waals surface area contributed by atoms with Gasteiger partial charge in [0.05, 0.1) is 10.7 Å². The Balaban J connectivity index is 1.60. The number of aryl methyl sites for hydroxylation is 3. The molecule has 1 N–H and O–H groups in total. The monoisotopic (exact) mass is 406 g/mol. The van der Waals surface area contributed by atoms with Gasteiger partial charge in [-0.15, -0.1) is 0 Å². The molecule has 0 atom stereocenters. The predicted octanol–water partition coefficient (Wildman–Crippen LogP) is 6.03. The number of aliphatic imine (C=N–C) groups is 1. The lowest BCUT2D eigenvalue weighted by molar-refractivity contribution is -0.118. The Morgan fingerprint density at radius 2 is 1.83 bits per heavy atom. The normalized spacial score (nSPS) is 10.9. The van der Waals surface area contributed by atoms with E-state index in [0.717, 1.165) is 28.1 Å². The Hall–Kier alpha value is -3.11. The lowest BCUT2D eigenvalue weighted by atomic mass is 10.1. The first-order valence-electron chi connectivity index (χ1n) is 9.31. The van der Waals surface area contributed by atoms with Crippen LogP contribution in [0.5, 0.6) is 5.75 Å². The minimum atomic E-state index is -0.243. The van der Waals surface area contributed by atoms with E-state index in [1.807, 2.05) is 56.3 Å². The summed E-state index contributed by atoms with van der Waals surface area (Å²) >= 11 is 6.31. The number of hydrogen-bond acceptors (Lipinski definition) is 3. The Kier molecular flexibility index (Phi) is 6.68. The summed E-state index contributed by atoms with van der Waals surface area (Å²) in [6, 6.07) is 19.1. The molecule has 0 unspecified atom stereocenters. The zero-order valence-electron chi connectivity index (χ0n) is 16.7. The summed E-state index contributed by atoms with van der Waals surface area (Å²) in [7, 11) is 0. The number of anilines is 1. The first kappa shape index (κ1) is 20.6. The van der Waals surface area contributed by atoms with Crippen LogP contribution in [0.1, 0.15) is 22.3 Å². The van der Waals surface area contributed by atoms with Crippen LogP contribution < -0.4 is 10.1 Å². The van der Waals surface area contributed by atoms with Gasteiger partial charge in [-0.1, -0.05) is 41.4 Å². The third kappa shape index (κ3) is 5.93. The van der Waals surface area contributed by atoms with Gasteiger partial charge in [0.1, 0.15) is 5.75 Å². The fourth-order valence-electron chi connectivity index (χ4n) is 2.87. The number of amides is 1. The molecule has 0 aliphatic rings. The quantitative estimate of drug-likeness (QED) is 0.508. The topological polar surface area (TPSA) is 50.7 Å². The van der Waals surface area contributed by atoms with Crippen molar-refractivity contribution in [1.29, 1.82) is 0 Å². The highest BCUT2D eigenvalue weighted by molar-refractivity contribution is 6.32. The van der Waals surface area contributed by atoms with Crippen molar-refractivity contribution in [2.24, 2.45) is 4.99 Å². The van der Waals surface area contributed by atoms with Crippen molar-refractivity contribution in [3.63, 3.8) is 0 Å². The van der Waals surface area contributed by atoms with Gasteiger partial charge in [0.15, 0.2) is 6.61 Å². The molecule has 148 valence electrons. The largest absolute Gasteiger partial charge is 0.482 e. The third-order valence-electron chi connectivity index (χ3n) is 4.32. The molecule has 0 radical (unpaired) electrons. The summed E-state index contributed by atoms with van der Waals surface area (Å²) in [6.07, 6.45) is 1.76. The van der Waals surface area contributed by atoms with Crippen molar-refractivity contribution >= 4 is 35.1 Å². The Labute approximate surface area is 176 Å². The van der Waals surface area contributed by atoms with Crippen molar-refractivity contribution in [3.05, 3.63) is 87.9 Å². The summed E-state index contributed by atoms with van der Waals surface area (Å²) in [5.41, 5.74) is 5.91. The van der Waals surface area contributed by atoms with Gasteiger partial charge in [0.25, 0.3) is 5.91 Å². The molecule has 0 saturated heterocycles. The fourth-order valence-corrected chi connectivity index (χ4v) is 3.12. The van der Waals surface area contributed by atoms with Gasteiger partial charge < -0.3 is 10.1 Å². The van der Waals surface area contributed by atoms with E-state index in [4.69, 9.17) is 16.3 Å². The van der Waals surface area contributed by atoms with Crippen LogP contribution >= 0.6 is 11.6 Å². The molecule has 4 nitrogen and oxygen atoms in total. The lowest BCUT2D eigenvalue weighted by Crippen LogP contribution is -2.20. The van der Waals surface area contributed by atoms with E-state index >= 15 is 0 Å². The number of nitrogens with zero attached hydrogens (tertiary/aromatic N) is 1. The number of carbonyl (C=O) groups is 1. The first-order chi connectivity index (χ1) is 13.9. The van der Waals surface area contributed by atoms with Crippen molar-refractivity contribution in [3.8, 4) is 5.75 Å². The SMILES string of the molecule is Cc1cccc(NC(=O)COc2ccc(C=Nc3ccc(C)cc3C)cc2Cl)c1. The maximum absolute atomic E-state index is 12.1. The van der Waals surface area contributed by atoms with Crippen molar-refractivity contribution < 1.29 is 9.53 Å². The number of ether oxygens (including phenoxy) is 1. The summed E-state index contributed by atoms with van der Waals surface area (Å²) < 4.78 is 5.56. The Morgan fingerprint density at radius 3 is 2.55 bits per heavy atom. The highest BCUT2D eigenvalue weighted by atomic mass is 35.5. The van der Waals surface area contributed by atoms with E-state index < -0.39 is 0 Å². The molecule has 3 aromatic rings. The van der Waals surface area contributed by atoms with E-state index in [2.05, 4.69) is 23.3 Å². The first-order valence-corrected chi connectivity index (χ1v) is 9.69. The van der Waals surface area contributed by atoms with Crippen LogP contribution in [-0.4, -0.2) is 18.7 Å². The molecule has 0 heterocycles. The maximum Gasteiger partial charge on any atom is 0.262 e. The molecule has 0 aliphatic carbocycles. The third-order valence-corrected chi connectivity index (χ3v) is 4.62. The zero-order chi connectivity index (χ0) is 20.8. The molecule has 5 heteroatoms. The molecule has 3 rings (SSSR count). The van der Waals surface area contributed by atoms with E-state index in [-0.39, 0.29) is 12.5 Å². The molecule has 1 amide bonds. The smallest absolute Gasteiger partial charge is 0.262 e. The highest BCUT2D eigenvalue weighted by Crippen LogP contribution is 2.26. The molecule has 0 spiro atoms. The minimum Gasteiger partial charge on any atom is -0.482 e. The van der Waals surface area contributed by atoms with Crippen LogP contribution in [0.2, 0.25) is 5.02 Å². The summed E-state index contributed by atoms with van der Waals surface area (Å²) in [4.78, 5) is 16.6. The standard InChI is InChI=1S/C24H23ClN2O2/c1-16-5-4-6-20(12-16)27-24(28)15-29-23-10-8-19(13-21(23)25)14-26-22-9-7-17(2)11-18(22)3/h4-14H,15H2,1-3H3,(H,27,28). The van der Waals surface area contributed by atoms with Gasteiger partial charge >= 0.3 is 0 Å². The molecule has 29 heavy (non-hydrogen) atoms. The minimum absolute atomic E-state index is 0.121. The van der Waals surface area contributed by atoms with Gasteiger partial charge in [-0.25, -0.2) is 0 Å². The van der Waals surface area contributed by atoms with Crippen LogP contribution in [0.25, 0.3) is 0 Å². The van der Waals surface area contributed by atoms with E-state index in [1.165, 1.54) is 5.56 Å². The van der Waals surface area contributed by atoms with Crippen molar-refractivity contribution in [2.45, 2.75) is 20.8 Å². The van der Waals surface area contributed by atoms with E-state index in [1.54, 1.807) is 18.3 Å². The van der Waals surface area contributed by atoms with Crippen molar-refractivity contribution in [2.75, 3.05) is 11.9 Å². The van der Waals surface area contributed by atoms with E-state index in [9.17, 15) is 4.79 Å². The summed E-state index contributed by atoms with van der Waals surface area (Å²) in [5, 5.41) is 3.23. The van der Waals surface area contributed by atoms with Crippen LogP contribution in [0.4, 0.5) is 11.4 Å². The average Bonchev–Trinajstić information content (AvgIpc) is 2.66. The molecule has 0 aliphatic heterocycles. The molecule has 0 aromatic heterocycles. The second kappa shape index (κ2) is 9.39. The Morgan fingerprint density at radius 1 is 1.03 bits per heavy atom. The number of halogens is 1. The van der Waals surface area contributed by atoms with Crippen molar-refractivity contribution in [1.82, 2.24) is 0 Å².